The van der Waals surface area contributed by atoms with Gasteiger partial charge in [0.2, 0.25) is 0 Å². The van der Waals surface area contributed by atoms with Gasteiger partial charge in [-0.15, -0.1) is 0 Å². The van der Waals surface area contributed by atoms with Crippen molar-refractivity contribution in [1.82, 2.24) is 0 Å². The van der Waals surface area contributed by atoms with Crippen LogP contribution in [0.2, 0.25) is 5.02 Å². The molecule has 0 radical (unpaired) electrons. The Balaban J connectivity index is 1.95. The molecule has 0 saturated heterocycles. The van der Waals surface area contributed by atoms with Gasteiger partial charge in [-0.3, -0.25) is 4.99 Å². The minimum absolute atomic E-state index is 0.170. The molecular formula is C17H14ClNO2. The molecule has 21 heavy (non-hydrogen) atoms. The van der Waals surface area contributed by atoms with E-state index in [1.807, 2.05) is 48.5 Å². The summed E-state index contributed by atoms with van der Waals surface area (Å²) in [6.07, 6.45) is 0.612. The van der Waals surface area contributed by atoms with Crippen molar-refractivity contribution in [3.63, 3.8) is 0 Å². The minimum atomic E-state index is -0.897. The molecule has 106 valence electrons. The zero-order valence-corrected chi connectivity index (χ0v) is 12.0. The molecule has 0 bridgehead atoms. The second kappa shape index (κ2) is 5.70. The summed E-state index contributed by atoms with van der Waals surface area (Å²) in [6, 6.07) is 16.3. The van der Waals surface area contributed by atoms with Crippen LogP contribution in [-0.2, 0) is 4.79 Å². The summed E-state index contributed by atoms with van der Waals surface area (Å²) in [5.74, 6) is -1.07. The number of rotatable bonds is 3. The molecule has 2 aromatic carbocycles. The van der Waals surface area contributed by atoms with E-state index in [0.717, 1.165) is 16.8 Å². The number of carboxylic acid groups (broad SMARTS) is 1. The van der Waals surface area contributed by atoms with Crippen molar-refractivity contribution in [1.29, 1.82) is 0 Å². The lowest BCUT2D eigenvalue weighted by atomic mass is 9.89. The summed E-state index contributed by atoms with van der Waals surface area (Å²) in [7, 11) is 0. The molecule has 2 aromatic rings. The Bertz CT molecular complexity index is 697. The highest BCUT2D eigenvalue weighted by Crippen LogP contribution is 2.34. The highest BCUT2D eigenvalue weighted by Gasteiger charge is 2.36. The summed E-state index contributed by atoms with van der Waals surface area (Å²) in [6.45, 7) is 0. The largest absolute Gasteiger partial charge is 0.480 e. The third-order valence-electron chi connectivity index (χ3n) is 3.73. The van der Waals surface area contributed by atoms with Gasteiger partial charge in [-0.1, -0.05) is 54.1 Å². The first-order valence-electron chi connectivity index (χ1n) is 6.75. The number of hydrogen-bond donors (Lipinski definition) is 1. The number of carbonyl (C=O) groups is 1. The van der Waals surface area contributed by atoms with E-state index in [1.54, 1.807) is 6.07 Å². The highest BCUT2D eigenvalue weighted by molar-refractivity contribution is 6.30. The zero-order valence-electron chi connectivity index (χ0n) is 11.2. The predicted octanol–water partition coefficient (Wildman–Crippen LogP) is 3.77. The predicted molar refractivity (Wildman–Crippen MR) is 83.2 cm³/mol. The molecule has 0 saturated carbocycles. The van der Waals surface area contributed by atoms with E-state index in [0.29, 0.717) is 11.4 Å². The molecular weight excluding hydrogens is 286 g/mol. The number of benzene rings is 2. The van der Waals surface area contributed by atoms with Crippen LogP contribution in [0.4, 0.5) is 0 Å². The third kappa shape index (κ3) is 2.83. The van der Waals surface area contributed by atoms with Gasteiger partial charge in [-0.25, -0.2) is 4.79 Å². The molecule has 0 amide bonds. The molecule has 0 aromatic heterocycles. The Labute approximate surface area is 127 Å². The fourth-order valence-electron chi connectivity index (χ4n) is 2.72. The first-order chi connectivity index (χ1) is 10.1. The van der Waals surface area contributed by atoms with Gasteiger partial charge in [0.25, 0.3) is 0 Å². The van der Waals surface area contributed by atoms with Gasteiger partial charge in [0, 0.05) is 16.7 Å². The Morgan fingerprint density at radius 3 is 2.57 bits per heavy atom. The van der Waals surface area contributed by atoms with Crippen LogP contribution in [0.25, 0.3) is 0 Å². The van der Waals surface area contributed by atoms with Crippen LogP contribution in [0.1, 0.15) is 23.5 Å². The van der Waals surface area contributed by atoms with E-state index in [-0.39, 0.29) is 5.92 Å². The maximum absolute atomic E-state index is 11.5. The SMILES string of the molecule is O=C(O)[C@H]1N=C(c2ccccc2)C[C@@H]1c1cccc(Cl)c1. The van der Waals surface area contributed by atoms with E-state index < -0.39 is 12.0 Å². The highest BCUT2D eigenvalue weighted by atomic mass is 35.5. The fraction of sp³-hybridized carbons (Fsp3) is 0.176. The summed E-state index contributed by atoms with van der Waals surface area (Å²) >= 11 is 6.02. The summed E-state index contributed by atoms with van der Waals surface area (Å²) < 4.78 is 0. The van der Waals surface area contributed by atoms with Crippen LogP contribution in [-0.4, -0.2) is 22.8 Å². The number of carboxylic acids is 1. The second-order valence-corrected chi connectivity index (χ2v) is 5.53. The topological polar surface area (TPSA) is 49.7 Å². The molecule has 1 heterocycles. The maximum atomic E-state index is 11.5. The van der Waals surface area contributed by atoms with Gasteiger partial charge in [0.05, 0.1) is 0 Å². The molecule has 4 heteroatoms. The van der Waals surface area contributed by atoms with E-state index in [4.69, 9.17) is 11.6 Å². The van der Waals surface area contributed by atoms with Crippen LogP contribution in [0.3, 0.4) is 0 Å². The summed E-state index contributed by atoms with van der Waals surface area (Å²) in [5.41, 5.74) is 2.74. The zero-order chi connectivity index (χ0) is 14.8. The Morgan fingerprint density at radius 2 is 1.90 bits per heavy atom. The number of hydrogen-bond acceptors (Lipinski definition) is 2. The van der Waals surface area contributed by atoms with Crippen LogP contribution < -0.4 is 0 Å². The van der Waals surface area contributed by atoms with Crippen LogP contribution >= 0.6 is 11.6 Å². The first kappa shape index (κ1) is 13.8. The van der Waals surface area contributed by atoms with E-state index in [2.05, 4.69) is 4.99 Å². The summed E-state index contributed by atoms with van der Waals surface area (Å²) in [4.78, 5) is 15.9. The molecule has 2 atom stereocenters. The molecule has 3 rings (SSSR count). The number of nitrogens with zero attached hydrogens (tertiary/aromatic N) is 1. The molecule has 0 unspecified atom stereocenters. The Morgan fingerprint density at radius 1 is 1.14 bits per heavy atom. The van der Waals surface area contributed by atoms with E-state index >= 15 is 0 Å². The minimum Gasteiger partial charge on any atom is -0.480 e. The van der Waals surface area contributed by atoms with Crippen LogP contribution in [0.15, 0.2) is 59.6 Å². The first-order valence-corrected chi connectivity index (χ1v) is 7.13. The van der Waals surface area contributed by atoms with E-state index in [1.165, 1.54) is 0 Å². The van der Waals surface area contributed by atoms with Gasteiger partial charge in [-0.05, 0) is 29.7 Å². The molecule has 1 aliphatic heterocycles. The van der Waals surface area contributed by atoms with E-state index in [9.17, 15) is 9.90 Å². The standard InChI is InChI=1S/C17H14ClNO2/c18-13-8-4-7-12(9-13)14-10-15(19-16(14)17(20)21)11-5-2-1-3-6-11/h1-9,14,16H,10H2,(H,20,21)/t14-,16+/m1/s1. The van der Waals surface area contributed by atoms with Crippen molar-refractivity contribution < 1.29 is 9.90 Å². The molecule has 1 aliphatic rings. The van der Waals surface area contributed by atoms with Gasteiger partial charge in [-0.2, -0.15) is 0 Å². The molecule has 0 fully saturated rings. The average Bonchev–Trinajstić information content (AvgIpc) is 2.93. The number of halogens is 1. The second-order valence-electron chi connectivity index (χ2n) is 5.09. The van der Waals surface area contributed by atoms with Gasteiger partial charge in [0.1, 0.15) is 0 Å². The van der Waals surface area contributed by atoms with Crippen LogP contribution in [0, 0.1) is 0 Å². The monoisotopic (exact) mass is 299 g/mol. The van der Waals surface area contributed by atoms with Crippen molar-refractivity contribution in [3.05, 3.63) is 70.7 Å². The third-order valence-corrected chi connectivity index (χ3v) is 3.96. The normalized spacial score (nSPS) is 21.1. The lowest BCUT2D eigenvalue weighted by Gasteiger charge is -2.15. The lowest BCUT2D eigenvalue weighted by molar-refractivity contribution is -0.138. The maximum Gasteiger partial charge on any atom is 0.329 e. The summed E-state index contributed by atoms with van der Waals surface area (Å²) in [5, 5.41) is 10.1. The lowest BCUT2D eigenvalue weighted by Crippen LogP contribution is -2.22. The number of aliphatic carboxylic acids is 1. The Kier molecular flexibility index (Phi) is 3.76. The molecule has 0 spiro atoms. The molecule has 0 aliphatic carbocycles. The van der Waals surface area contributed by atoms with Crippen molar-refractivity contribution in [3.8, 4) is 0 Å². The van der Waals surface area contributed by atoms with Crippen LogP contribution in [0.5, 0.6) is 0 Å². The van der Waals surface area contributed by atoms with Gasteiger partial charge < -0.3 is 5.11 Å². The average molecular weight is 300 g/mol. The van der Waals surface area contributed by atoms with Gasteiger partial charge in [0.15, 0.2) is 6.04 Å². The van der Waals surface area contributed by atoms with Crippen molar-refractivity contribution >= 4 is 23.3 Å². The fourth-order valence-corrected chi connectivity index (χ4v) is 2.92. The quantitative estimate of drug-likeness (QED) is 0.938. The van der Waals surface area contributed by atoms with Gasteiger partial charge >= 0.3 is 5.97 Å². The van der Waals surface area contributed by atoms with Crippen molar-refractivity contribution in [2.24, 2.45) is 4.99 Å². The van der Waals surface area contributed by atoms with Crippen molar-refractivity contribution in [2.75, 3.05) is 0 Å². The smallest absolute Gasteiger partial charge is 0.329 e. The number of aliphatic imine (C=N–C) groups is 1. The van der Waals surface area contributed by atoms with Crippen molar-refractivity contribution in [2.45, 2.75) is 18.4 Å². The molecule has 3 nitrogen and oxygen atoms in total. The molecule has 1 N–H and O–H groups in total. The Hall–Kier alpha value is -2.13.